The molecule has 1 aromatic carbocycles. The molecule has 0 saturated heterocycles. The molecule has 5 nitrogen and oxygen atoms in total. The molecule has 0 spiro atoms. The predicted molar refractivity (Wildman–Crippen MR) is 81.1 cm³/mol. The number of nitrogens with one attached hydrogen (secondary N) is 2. The predicted octanol–water partition coefficient (Wildman–Crippen LogP) is 3.01. The first-order valence-electron chi connectivity index (χ1n) is 6.06. The molecule has 2 aromatic rings. The van der Waals surface area contributed by atoms with Gasteiger partial charge in [0.15, 0.2) is 4.67 Å². The molecule has 0 fully saturated rings. The number of hydrogen-bond donors (Lipinski definition) is 2. The zero-order valence-corrected chi connectivity index (χ0v) is 13.8. The van der Waals surface area contributed by atoms with Crippen molar-refractivity contribution in [3.8, 4) is 0 Å². The van der Waals surface area contributed by atoms with E-state index in [2.05, 4.69) is 26.0 Å². The second-order valence-corrected chi connectivity index (χ2v) is 6.77. The zero-order chi connectivity index (χ0) is 15.6. The second kappa shape index (κ2) is 6.17. The van der Waals surface area contributed by atoms with E-state index >= 15 is 0 Å². The van der Waals surface area contributed by atoms with Crippen molar-refractivity contribution in [2.75, 3.05) is 11.8 Å². The number of furan rings is 1. The molecule has 0 amide bonds. The molecule has 1 heterocycles. The van der Waals surface area contributed by atoms with E-state index < -0.39 is 15.8 Å². The van der Waals surface area contributed by atoms with Gasteiger partial charge in [0, 0.05) is 11.6 Å². The highest BCUT2D eigenvalue weighted by molar-refractivity contribution is 9.10. The van der Waals surface area contributed by atoms with Gasteiger partial charge in [0.05, 0.1) is 12.2 Å². The molecule has 2 N–H and O–H groups in total. The van der Waals surface area contributed by atoms with Gasteiger partial charge in [-0.2, -0.15) is 0 Å². The van der Waals surface area contributed by atoms with E-state index in [1.54, 1.807) is 7.05 Å². The van der Waals surface area contributed by atoms with Crippen LogP contribution in [0.2, 0.25) is 0 Å². The standard InChI is InChI=1S/C13H14BrFN2O3S/c1-8-10(15)4-3-5-11(8)17-21(18,19)12-6-9(7-16-2)20-13(12)14/h3-6,16-17H,7H2,1-2H3. The summed E-state index contributed by atoms with van der Waals surface area (Å²) in [7, 11) is -2.14. The Morgan fingerprint density at radius 2 is 2.10 bits per heavy atom. The maximum absolute atomic E-state index is 13.5. The Labute approximate surface area is 130 Å². The summed E-state index contributed by atoms with van der Waals surface area (Å²) in [5.74, 6) is -0.00181. The summed E-state index contributed by atoms with van der Waals surface area (Å²) in [6.45, 7) is 1.90. The lowest BCUT2D eigenvalue weighted by molar-refractivity contribution is 0.470. The minimum atomic E-state index is -3.87. The van der Waals surface area contributed by atoms with Gasteiger partial charge < -0.3 is 9.73 Å². The molecule has 0 aliphatic rings. The van der Waals surface area contributed by atoms with Crippen molar-refractivity contribution in [3.63, 3.8) is 0 Å². The van der Waals surface area contributed by atoms with Gasteiger partial charge in [-0.25, -0.2) is 12.8 Å². The molecular formula is C13H14BrFN2O3S. The van der Waals surface area contributed by atoms with Crippen LogP contribution >= 0.6 is 15.9 Å². The molecule has 0 atom stereocenters. The van der Waals surface area contributed by atoms with Crippen LogP contribution in [-0.2, 0) is 16.6 Å². The highest BCUT2D eigenvalue weighted by Crippen LogP contribution is 2.29. The van der Waals surface area contributed by atoms with Crippen LogP contribution in [-0.4, -0.2) is 15.5 Å². The minimum Gasteiger partial charge on any atom is -0.451 e. The van der Waals surface area contributed by atoms with Gasteiger partial charge in [0.1, 0.15) is 16.5 Å². The van der Waals surface area contributed by atoms with E-state index in [-0.39, 0.29) is 20.8 Å². The zero-order valence-electron chi connectivity index (χ0n) is 11.4. The van der Waals surface area contributed by atoms with Crippen molar-refractivity contribution in [2.24, 2.45) is 0 Å². The second-order valence-electron chi connectivity index (χ2n) is 4.40. The Bertz CT molecular complexity index is 759. The maximum atomic E-state index is 13.5. The first-order valence-corrected chi connectivity index (χ1v) is 8.33. The van der Waals surface area contributed by atoms with Crippen molar-refractivity contribution < 1.29 is 17.2 Å². The van der Waals surface area contributed by atoms with Gasteiger partial charge in [0.25, 0.3) is 10.0 Å². The molecule has 114 valence electrons. The van der Waals surface area contributed by atoms with Gasteiger partial charge in [0.2, 0.25) is 0 Å². The highest BCUT2D eigenvalue weighted by Gasteiger charge is 2.23. The number of halogens is 2. The Balaban J connectivity index is 2.36. The lowest BCUT2D eigenvalue weighted by Gasteiger charge is -2.09. The Hall–Kier alpha value is -1.38. The van der Waals surface area contributed by atoms with Gasteiger partial charge in [-0.3, -0.25) is 4.72 Å². The van der Waals surface area contributed by atoms with Crippen molar-refractivity contribution in [1.29, 1.82) is 0 Å². The van der Waals surface area contributed by atoms with Crippen LogP contribution in [0.25, 0.3) is 0 Å². The topological polar surface area (TPSA) is 71.3 Å². The fraction of sp³-hybridized carbons (Fsp3) is 0.231. The smallest absolute Gasteiger partial charge is 0.266 e. The van der Waals surface area contributed by atoms with Crippen LogP contribution in [0.5, 0.6) is 0 Å². The molecule has 0 unspecified atom stereocenters. The molecule has 2 rings (SSSR count). The number of rotatable bonds is 5. The Morgan fingerprint density at radius 1 is 1.38 bits per heavy atom. The van der Waals surface area contributed by atoms with Crippen LogP contribution in [0.1, 0.15) is 11.3 Å². The van der Waals surface area contributed by atoms with Gasteiger partial charge in [-0.15, -0.1) is 0 Å². The average molecular weight is 377 g/mol. The number of anilines is 1. The van der Waals surface area contributed by atoms with E-state index in [1.807, 2.05) is 0 Å². The van der Waals surface area contributed by atoms with Crippen molar-refractivity contribution in [3.05, 3.63) is 46.1 Å². The van der Waals surface area contributed by atoms with Gasteiger partial charge in [-0.05, 0) is 42.0 Å². The largest absolute Gasteiger partial charge is 0.451 e. The summed E-state index contributed by atoms with van der Waals surface area (Å²) in [6, 6.07) is 5.62. The monoisotopic (exact) mass is 376 g/mol. The van der Waals surface area contributed by atoms with Crippen molar-refractivity contribution in [1.82, 2.24) is 5.32 Å². The fourth-order valence-electron chi connectivity index (χ4n) is 1.76. The van der Waals surface area contributed by atoms with Crippen molar-refractivity contribution in [2.45, 2.75) is 18.4 Å². The summed E-state index contributed by atoms with van der Waals surface area (Å²) in [4.78, 5) is -0.0311. The maximum Gasteiger partial charge on any atom is 0.266 e. The fourth-order valence-corrected chi connectivity index (χ4v) is 3.88. The van der Waals surface area contributed by atoms with Gasteiger partial charge in [-0.1, -0.05) is 6.07 Å². The first kappa shape index (κ1) is 16.0. The molecule has 1 aromatic heterocycles. The summed E-state index contributed by atoms with van der Waals surface area (Å²) in [6.07, 6.45) is 0. The molecule has 0 aliphatic carbocycles. The van der Waals surface area contributed by atoms with E-state index in [0.717, 1.165) is 0 Å². The van der Waals surface area contributed by atoms with Crippen LogP contribution < -0.4 is 10.0 Å². The first-order chi connectivity index (χ1) is 9.85. The molecule has 21 heavy (non-hydrogen) atoms. The quantitative estimate of drug-likeness (QED) is 0.841. The molecule has 0 radical (unpaired) electrons. The number of sulfonamides is 1. The van der Waals surface area contributed by atoms with Crippen LogP contribution in [0.3, 0.4) is 0 Å². The molecule has 0 aliphatic heterocycles. The Morgan fingerprint density at radius 3 is 2.76 bits per heavy atom. The minimum absolute atomic E-state index is 0.0311. The van der Waals surface area contributed by atoms with E-state index in [1.165, 1.54) is 31.2 Å². The highest BCUT2D eigenvalue weighted by atomic mass is 79.9. The van der Waals surface area contributed by atoms with Crippen LogP contribution in [0, 0.1) is 12.7 Å². The third-order valence-corrected chi connectivity index (χ3v) is 5.08. The molecule has 0 saturated carbocycles. The molecule has 0 bridgehead atoms. The lowest BCUT2D eigenvalue weighted by Crippen LogP contribution is -2.14. The summed E-state index contributed by atoms with van der Waals surface area (Å²) < 4.78 is 46.0. The summed E-state index contributed by atoms with van der Waals surface area (Å²) in [5.41, 5.74) is 0.425. The third kappa shape index (κ3) is 3.45. The van der Waals surface area contributed by atoms with Crippen LogP contribution in [0.15, 0.2) is 38.2 Å². The number of hydrogen-bond acceptors (Lipinski definition) is 4. The van der Waals surface area contributed by atoms with Crippen molar-refractivity contribution >= 4 is 31.6 Å². The van der Waals surface area contributed by atoms with E-state index in [4.69, 9.17) is 4.42 Å². The lowest BCUT2D eigenvalue weighted by atomic mass is 10.2. The SMILES string of the molecule is CNCc1cc(S(=O)(=O)Nc2cccc(F)c2C)c(Br)o1. The van der Waals surface area contributed by atoms with E-state index in [0.29, 0.717) is 12.3 Å². The van der Waals surface area contributed by atoms with E-state index in [9.17, 15) is 12.8 Å². The Kier molecular flexibility index (Phi) is 4.70. The number of benzene rings is 1. The van der Waals surface area contributed by atoms with Gasteiger partial charge >= 0.3 is 0 Å². The average Bonchev–Trinajstić information content (AvgIpc) is 2.77. The molecular weight excluding hydrogens is 363 g/mol. The molecule has 8 heteroatoms. The summed E-state index contributed by atoms with van der Waals surface area (Å²) >= 11 is 3.08. The normalized spacial score (nSPS) is 11.6. The van der Waals surface area contributed by atoms with Crippen LogP contribution in [0.4, 0.5) is 10.1 Å². The summed E-state index contributed by atoms with van der Waals surface area (Å²) in [5, 5.41) is 2.86. The third-order valence-electron chi connectivity index (χ3n) is 2.86.